The topological polar surface area (TPSA) is 64.3 Å². The van der Waals surface area contributed by atoms with E-state index in [0.29, 0.717) is 12.3 Å². The summed E-state index contributed by atoms with van der Waals surface area (Å²) in [4.78, 5) is 12.2. The number of rotatable bonds is 6. The van der Waals surface area contributed by atoms with Gasteiger partial charge in [0.15, 0.2) is 6.10 Å². The molecule has 0 fully saturated rings. The van der Waals surface area contributed by atoms with Crippen molar-refractivity contribution in [3.05, 3.63) is 59.7 Å². The highest BCUT2D eigenvalue weighted by Crippen LogP contribution is 2.16. The van der Waals surface area contributed by atoms with E-state index >= 15 is 0 Å². The van der Waals surface area contributed by atoms with E-state index in [1.807, 2.05) is 48.5 Å². The predicted octanol–water partition coefficient (Wildman–Crippen LogP) is 3.11. The molecule has 0 aliphatic rings. The van der Waals surface area contributed by atoms with E-state index < -0.39 is 6.10 Å². The van der Waals surface area contributed by atoms with E-state index in [1.165, 1.54) is 5.56 Å². The summed E-state index contributed by atoms with van der Waals surface area (Å²) in [5, 5.41) is 2.84. The maximum absolute atomic E-state index is 12.2. The molecule has 116 valence electrons. The molecule has 1 unspecified atom stereocenters. The van der Waals surface area contributed by atoms with Gasteiger partial charge in [0.25, 0.3) is 5.91 Å². The molecule has 4 nitrogen and oxygen atoms in total. The first-order valence-electron chi connectivity index (χ1n) is 7.48. The number of ether oxygens (including phenoxy) is 1. The lowest BCUT2D eigenvalue weighted by atomic mass is 10.2. The largest absolute Gasteiger partial charge is 0.481 e. The normalized spacial score (nSPS) is 11.8. The van der Waals surface area contributed by atoms with Gasteiger partial charge >= 0.3 is 0 Å². The van der Waals surface area contributed by atoms with E-state index in [0.717, 1.165) is 17.7 Å². The molecule has 0 bridgehead atoms. The molecule has 2 aromatic carbocycles. The Hall–Kier alpha value is -2.33. The average molecular weight is 298 g/mol. The van der Waals surface area contributed by atoms with Gasteiger partial charge in [0.2, 0.25) is 0 Å². The lowest BCUT2D eigenvalue weighted by Crippen LogP contribution is -2.30. The maximum atomic E-state index is 12.2. The Bertz CT molecular complexity index is 623. The van der Waals surface area contributed by atoms with Crippen molar-refractivity contribution in [3.63, 3.8) is 0 Å². The van der Waals surface area contributed by atoms with Crippen molar-refractivity contribution in [1.29, 1.82) is 0 Å². The van der Waals surface area contributed by atoms with Gasteiger partial charge in [0, 0.05) is 12.2 Å². The number of aryl methyl sites for hydroxylation is 1. The third kappa shape index (κ3) is 4.33. The van der Waals surface area contributed by atoms with E-state index in [-0.39, 0.29) is 5.91 Å². The zero-order valence-electron chi connectivity index (χ0n) is 13.0. The SMILES string of the molecule is CCc1ccc(OC(C)C(=O)Nc2cccc(CN)c2)cc1. The summed E-state index contributed by atoms with van der Waals surface area (Å²) >= 11 is 0. The van der Waals surface area contributed by atoms with Gasteiger partial charge < -0.3 is 15.8 Å². The maximum Gasteiger partial charge on any atom is 0.265 e. The Morgan fingerprint density at radius 1 is 1.18 bits per heavy atom. The molecule has 1 amide bonds. The number of carbonyl (C=O) groups excluding carboxylic acids is 1. The van der Waals surface area contributed by atoms with Crippen LogP contribution in [-0.2, 0) is 17.8 Å². The number of nitrogens with one attached hydrogen (secondary N) is 1. The van der Waals surface area contributed by atoms with Crippen molar-refractivity contribution in [1.82, 2.24) is 0 Å². The molecule has 0 saturated heterocycles. The van der Waals surface area contributed by atoms with E-state index in [1.54, 1.807) is 6.92 Å². The van der Waals surface area contributed by atoms with Gasteiger partial charge in [0.1, 0.15) is 5.75 Å². The van der Waals surface area contributed by atoms with Crippen molar-refractivity contribution in [2.75, 3.05) is 5.32 Å². The molecule has 3 N–H and O–H groups in total. The first-order valence-corrected chi connectivity index (χ1v) is 7.48. The quantitative estimate of drug-likeness (QED) is 0.861. The molecule has 0 radical (unpaired) electrons. The first-order chi connectivity index (χ1) is 10.6. The van der Waals surface area contributed by atoms with Crippen LogP contribution in [0.2, 0.25) is 0 Å². The smallest absolute Gasteiger partial charge is 0.265 e. The lowest BCUT2D eigenvalue weighted by molar-refractivity contribution is -0.122. The predicted molar refractivity (Wildman–Crippen MR) is 88.9 cm³/mol. The van der Waals surface area contributed by atoms with Crippen LogP contribution >= 0.6 is 0 Å². The summed E-state index contributed by atoms with van der Waals surface area (Å²) in [6.45, 7) is 4.27. The second kappa shape index (κ2) is 7.61. The van der Waals surface area contributed by atoms with Crippen LogP contribution in [0.1, 0.15) is 25.0 Å². The Kier molecular flexibility index (Phi) is 5.55. The standard InChI is InChI=1S/C18H22N2O2/c1-3-14-7-9-17(10-8-14)22-13(2)18(21)20-16-6-4-5-15(11-16)12-19/h4-11,13H,3,12,19H2,1-2H3,(H,20,21). The summed E-state index contributed by atoms with van der Waals surface area (Å²) in [5.41, 5.74) is 8.54. The summed E-state index contributed by atoms with van der Waals surface area (Å²) in [6, 6.07) is 15.3. The summed E-state index contributed by atoms with van der Waals surface area (Å²) in [6.07, 6.45) is 0.405. The molecule has 1 atom stereocenters. The Labute approximate surface area is 131 Å². The van der Waals surface area contributed by atoms with Gasteiger partial charge in [0.05, 0.1) is 0 Å². The van der Waals surface area contributed by atoms with Crippen LogP contribution in [0.5, 0.6) is 5.75 Å². The highest BCUT2D eigenvalue weighted by atomic mass is 16.5. The first kappa shape index (κ1) is 16.0. The third-order valence-electron chi connectivity index (χ3n) is 3.44. The molecular formula is C18H22N2O2. The molecule has 2 rings (SSSR count). The van der Waals surface area contributed by atoms with Crippen LogP contribution < -0.4 is 15.8 Å². The zero-order chi connectivity index (χ0) is 15.9. The van der Waals surface area contributed by atoms with E-state index in [4.69, 9.17) is 10.5 Å². The molecule has 0 aliphatic carbocycles. The molecule has 0 saturated carbocycles. The zero-order valence-corrected chi connectivity index (χ0v) is 13.0. The minimum atomic E-state index is -0.575. The Balaban J connectivity index is 1.96. The van der Waals surface area contributed by atoms with Gasteiger partial charge in [-0.15, -0.1) is 0 Å². The van der Waals surface area contributed by atoms with E-state index in [2.05, 4.69) is 12.2 Å². The van der Waals surface area contributed by atoms with Crippen LogP contribution in [0.25, 0.3) is 0 Å². The van der Waals surface area contributed by atoms with Crippen molar-refractivity contribution in [3.8, 4) is 5.75 Å². The van der Waals surface area contributed by atoms with E-state index in [9.17, 15) is 4.79 Å². The lowest BCUT2D eigenvalue weighted by Gasteiger charge is -2.15. The number of anilines is 1. The summed E-state index contributed by atoms with van der Waals surface area (Å²) < 4.78 is 5.67. The van der Waals surface area contributed by atoms with Crippen LogP contribution in [0.15, 0.2) is 48.5 Å². The van der Waals surface area contributed by atoms with Gasteiger partial charge in [-0.2, -0.15) is 0 Å². The van der Waals surface area contributed by atoms with Gasteiger partial charge in [-0.1, -0.05) is 31.2 Å². The third-order valence-corrected chi connectivity index (χ3v) is 3.44. The van der Waals surface area contributed by atoms with Gasteiger partial charge in [-0.25, -0.2) is 0 Å². The number of benzene rings is 2. The minimum absolute atomic E-state index is 0.186. The molecule has 2 aromatic rings. The van der Waals surface area contributed by atoms with Gasteiger partial charge in [-0.05, 0) is 48.7 Å². The Morgan fingerprint density at radius 2 is 1.91 bits per heavy atom. The van der Waals surface area contributed by atoms with Crippen LogP contribution in [-0.4, -0.2) is 12.0 Å². The minimum Gasteiger partial charge on any atom is -0.481 e. The monoisotopic (exact) mass is 298 g/mol. The summed E-state index contributed by atoms with van der Waals surface area (Å²) in [7, 11) is 0. The Morgan fingerprint density at radius 3 is 2.55 bits per heavy atom. The molecule has 22 heavy (non-hydrogen) atoms. The average Bonchev–Trinajstić information content (AvgIpc) is 2.55. The molecule has 0 aliphatic heterocycles. The van der Waals surface area contributed by atoms with Crippen molar-refractivity contribution in [2.45, 2.75) is 32.9 Å². The summed E-state index contributed by atoms with van der Waals surface area (Å²) in [5.74, 6) is 0.504. The molecule has 0 heterocycles. The highest BCUT2D eigenvalue weighted by Gasteiger charge is 2.14. The number of hydrogen-bond acceptors (Lipinski definition) is 3. The number of nitrogens with two attached hydrogens (primary N) is 1. The second-order valence-electron chi connectivity index (χ2n) is 5.15. The van der Waals surface area contributed by atoms with Crippen LogP contribution in [0.3, 0.4) is 0 Å². The van der Waals surface area contributed by atoms with Crippen molar-refractivity contribution in [2.24, 2.45) is 5.73 Å². The second-order valence-corrected chi connectivity index (χ2v) is 5.15. The molecular weight excluding hydrogens is 276 g/mol. The fourth-order valence-corrected chi connectivity index (χ4v) is 2.08. The fraction of sp³-hybridized carbons (Fsp3) is 0.278. The number of amides is 1. The molecule has 4 heteroatoms. The van der Waals surface area contributed by atoms with Crippen LogP contribution in [0.4, 0.5) is 5.69 Å². The number of carbonyl (C=O) groups is 1. The number of hydrogen-bond donors (Lipinski definition) is 2. The van der Waals surface area contributed by atoms with Gasteiger partial charge in [-0.3, -0.25) is 4.79 Å². The molecule has 0 spiro atoms. The van der Waals surface area contributed by atoms with Crippen molar-refractivity contribution >= 4 is 11.6 Å². The highest BCUT2D eigenvalue weighted by molar-refractivity contribution is 5.94. The fourth-order valence-electron chi connectivity index (χ4n) is 2.08. The van der Waals surface area contributed by atoms with Crippen LogP contribution in [0, 0.1) is 0 Å². The van der Waals surface area contributed by atoms with Crippen molar-refractivity contribution < 1.29 is 9.53 Å². The molecule has 0 aromatic heterocycles.